The van der Waals surface area contributed by atoms with Crippen LogP contribution in [0.4, 0.5) is 0 Å². The minimum absolute atomic E-state index is 0.0288. The molecule has 4 aliphatic carbocycles. The van der Waals surface area contributed by atoms with Crippen LogP contribution in [0.5, 0.6) is 0 Å². The fraction of sp³-hybridized carbons (Fsp3) is 0.741. The van der Waals surface area contributed by atoms with Crippen molar-refractivity contribution in [3.05, 3.63) is 11.6 Å². The van der Waals surface area contributed by atoms with E-state index in [2.05, 4.69) is 30.4 Å². The highest BCUT2D eigenvalue weighted by molar-refractivity contribution is 5.96. The van der Waals surface area contributed by atoms with Gasteiger partial charge in [0.15, 0.2) is 12.4 Å². The Labute approximate surface area is 217 Å². The minimum atomic E-state index is -1.40. The van der Waals surface area contributed by atoms with E-state index in [9.17, 15) is 24.3 Å². The highest BCUT2D eigenvalue weighted by Crippen LogP contribution is 2.67. The Bertz CT molecular complexity index is 1050. The van der Waals surface area contributed by atoms with Crippen molar-refractivity contribution < 1.29 is 34.2 Å². The summed E-state index contributed by atoms with van der Waals surface area (Å²) in [5.41, 5.74) is 5.58. The Kier molecular flexibility index (Phi) is 7.27. The smallest absolute Gasteiger partial charge is 0.326 e. The number of allylic oxidation sites excluding steroid dienone is 2. The number of nitrogens with one attached hydrogen (secondary N) is 1. The Morgan fingerprint density at radius 2 is 1.84 bits per heavy atom. The first-order valence-electron chi connectivity index (χ1n) is 13.3. The van der Waals surface area contributed by atoms with Gasteiger partial charge in [0.25, 0.3) is 5.91 Å². The number of carbonyl (C=O) groups excluding carboxylic acids is 3. The van der Waals surface area contributed by atoms with E-state index in [1.54, 1.807) is 0 Å². The first-order chi connectivity index (χ1) is 17.3. The molecule has 0 radical (unpaired) electrons. The van der Waals surface area contributed by atoms with Gasteiger partial charge in [0.1, 0.15) is 11.6 Å². The topological polar surface area (TPSA) is 168 Å². The van der Waals surface area contributed by atoms with Gasteiger partial charge >= 0.3 is 5.97 Å². The molecule has 10 heteroatoms. The first kappa shape index (κ1) is 27.3. The number of aliphatic hydroxyl groups is 1. The molecule has 3 saturated carbocycles. The van der Waals surface area contributed by atoms with E-state index in [4.69, 9.17) is 15.7 Å². The van der Waals surface area contributed by atoms with Gasteiger partial charge in [-0.25, -0.2) is 4.79 Å². The zero-order valence-electron chi connectivity index (χ0n) is 21.9. The van der Waals surface area contributed by atoms with E-state index >= 15 is 0 Å². The largest absolute Gasteiger partial charge is 0.480 e. The number of nitrogens with two attached hydrogens (primary N) is 1. The molecular weight excluding hydrogens is 478 g/mol. The third-order valence-electron chi connectivity index (χ3n) is 10.1. The summed E-state index contributed by atoms with van der Waals surface area (Å²) in [6.07, 6.45) is 8.43. The van der Waals surface area contributed by atoms with Crippen LogP contribution in [0.3, 0.4) is 0 Å². The highest BCUT2D eigenvalue weighted by atomic mass is 16.6. The standard InChI is InChI=1S/C27H39N3O7/c1-15(31)27(36)11-8-20-18-5-4-16-12-17(6-9-25(16,2)19(18)7-10-26(20,27)3)30-37-14-23(33)29-21(24(34)35)13-22(28)32/h12,18-21,36H,4-11,13-14H2,1-3H3,(H2,28,32)(H,29,33)(H,34,35). The van der Waals surface area contributed by atoms with Crippen LogP contribution in [0.25, 0.3) is 0 Å². The van der Waals surface area contributed by atoms with Crippen LogP contribution in [-0.4, -0.2) is 57.7 Å². The maximum atomic E-state index is 12.4. The number of primary amides is 1. The van der Waals surface area contributed by atoms with Crippen molar-refractivity contribution in [3.63, 3.8) is 0 Å². The lowest BCUT2D eigenvalue weighted by Crippen LogP contribution is -2.57. The third kappa shape index (κ3) is 4.69. The monoisotopic (exact) mass is 517 g/mol. The molecule has 37 heavy (non-hydrogen) atoms. The molecule has 0 aromatic rings. The van der Waals surface area contributed by atoms with Crippen LogP contribution in [0.2, 0.25) is 0 Å². The van der Waals surface area contributed by atoms with Gasteiger partial charge in [-0.3, -0.25) is 14.4 Å². The van der Waals surface area contributed by atoms with Gasteiger partial charge < -0.3 is 26.1 Å². The second-order valence-corrected chi connectivity index (χ2v) is 11.9. The molecule has 3 fully saturated rings. The first-order valence-corrected chi connectivity index (χ1v) is 13.3. The number of aliphatic carboxylic acids is 1. The molecule has 7 unspecified atom stereocenters. The number of nitrogens with zero attached hydrogens (tertiary/aromatic N) is 1. The molecule has 7 atom stereocenters. The van der Waals surface area contributed by atoms with Crippen LogP contribution in [0, 0.1) is 28.6 Å². The van der Waals surface area contributed by atoms with Gasteiger partial charge in [-0.15, -0.1) is 0 Å². The lowest BCUT2D eigenvalue weighted by atomic mass is 9.46. The lowest BCUT2D eigenvalue weighted by molar-refractivity contribution is -0.159. The van der Waals surface area contributed by atoms with E-state index in [0.717, 1.165) is 44.2 Å². The predicted octanol–water partition coefficient (Wildman–Crippen LogP) is 2.09. The van der Waals surface area contributed by atoms with Gasteiger partial charge in [-0.2, -0.15) is 0 Å². The number of fused-ring (bicyclic) bond motifs is 5. The second kappa shape index (κ2) is 9.85. The minimum Gasteiger partial charge on any atom is -0.480 e. The summed E-state index contributed by atoms with van der Waals surface area (Å²) in [5, 5.41) is 26.8. The van der Waals surface area contributed by atoms with Crippen molar-refractivity contribution in [3.8, 4) is 0 Å². The fourth-order valence-corrected chi connectivity index (χ4v) is 8.05. The molecule has 0 spiro atoms. The van der Waals surface area contributed by atoms with E-state index in [0.29, 0.717) is 30.6 Å². The third-order valence-corrected chi connectivity index (χ3v) is 10.1. The quantitative estimate of drug-likeness (QED) is 0.357. The number of Topliss-reactive ketones (excluding diaryl/α,β-unsaturated/α-hetero) is 1. The summed E-state index contributed by atoms with van der Waals surface area (Å²) in [6, 6.07) is -1.40. The average Bonchev–Trinajstić information content (AvgIpc) is 3.10. The van der Waals surface area contributed by atoms with Crippen LogP contribution in [-0.2, 0) is 24.0 Å². The maximum absolute atomic E-state index is 12.4. The Balaban J connectivity index is 1.40. The molecule has 4 rings (SSSR count). The van der Waals surface area contributed by atoms with Crippen molar-refractivity contribution in [1.29, 1.82) is 0 Å². The van der Waals surface area contributed by atoms with Gasteiger partial charge in [0, 0.05) is 5.41 Å². The summed E-state index contributed by atoms with van der Waals surface area (Å²) < 4.78 is 0. The van der Waals surface area contributed by atoms with Crippen molar-refractivity contribution in [2.75, 3.05) is 6.61 Å². The van der Waals surface area contributed by atoms with Crippen molar-refractivity contribution >= 4 is 29.3 Å². The summed E-state index contributed by atoms with van der Waals surface area (Å²) in [6.45, 7) is 5.53. The van der Waals surface area contributed by atoms with Crippen LogP contribution < -0.4 is 11.1 Å². The molecule has 0 aromatic carbocycles. The van der Waals surface area contributed by atoms with Gasteiger partial charge in [0.2, 0.25) is 5.91 Å². The summed E-state index contributed by atoms with van der Waals surface area (Å²) in [7, 11) is 0. The molecule has 2 amide bonds. The molecule has 10 nitrogen and oxygen atoms in total. The Morgan fingerprint density at radius 3 is 2.49 bits per heavy atom. The SMILES string of the molecule is CC(=O)C1(O)CCC2C3CCC4=CC(=NOCC(=O)NC(CC(N)=O)C(=O)O)CCC4(C)C3CCC21C. The van der Waals surface area contributed by atoms with Gasteiger partial charge in [-0.1, -0.05) is 24.6 Å². The molecule has 0 aromatic heterocycles. The molecule has 0 heterocycles. The van der Waals surface area contributed by atoms with Gasteiger partial charge in [-0.05, 0) is 87.5 Å². The van der Waals surface area contributed by atoms with Crippen molar-refractivity contribution in [2.45, 2.75) is 90.2 Å². The number of carbonyl (C=O) groups is 4. The summed E-state index contributed by atoms with van der Waals surface area (Å²) in [5.74, 6) is -1.65. The van der Waals surface area contributed by atoms with E-state index in [1.165, 1.54) is 12.5 Å². The van der Waals surface area contributed by atoms with E-state index in [-0.39, 0.29) is 16.6 Å². The molecule has 0 bridgehead atoms. The number of rotatable bonds is 8. The number of hydrogen-bond donors (Lipinski definition) is 4. The number of carboxylic acid groups (broad SMARTS) is 1. The van der Waals surface area contributed by atoms with Crippen LogP contribution in [0.1, 0.15) is 78.6 Å². The molecule has 204 valence electrons. The number of hydrogen-bond acceptors (Lipinski definition) is 7. The van der Waals surface area contributed by atoms with Gasteiger partial charge in [0.05, 0.1) is 12.1 Å². The Hall–Kier alpha value is -2.75. The molecule has 0 saturated heterocycles. The zero-order chi connectivity index (χ0) is 27.2. The fourth-order valence-electron chi connectivity index (χ4n) is 8.05. The van der Waals surface area contributed by atoms with Crippen molar-refractivity contribution in [2.24, 2.45) is 39.5 Å². The average molecular weight is 518 g/mol. The summed E-state index contributed by atoms with van der Waals surface area (Å²) >= 11 is 0. The number of carboxylic acids is 1. The molecule has 4 aliphatic rings. The zero-order valence-corrected chi connectivity index (χ0v) is 21.9. The lowest BCUT2D eigenvalue weighted by Gasteiger charge is -2.59. The number of oxime groups is 1. The van der Waals surface area contributed by atoms with E-state index in [1.807, 2.05) is 0 Å². The predicted molar refractivity (Wildman–Crippen MR) is 134 cm³/mol. The van der Waals surface area contributed by atoms with Crippen LogP contribution >= 0.6 is 0 Å². The second-order valence-electron chi connectivity index (χ2n) is 11.9. The maximum Gasteiger partial charge on any atom is 0.326 e. The van der Waals surface area contributed by atoms with Crippen molar-refractivity contribution in [1.82, 2.24) is 5.32 Å². The van der Waals surface area contributed by atoms with Crippen LogP contribution in [0.15, 0.2) is 16.8 Å². The number of ketones is 1. The number of amides is 2. The summed E-state index contributed by atoms with van der Waals surface area (Å²) in [4.78, 5) is 51.8. The molecular formula is C27H39N3O7. The molecule has 0 aliphatic heterocycles. The Morgan fingerprint density at radius 1 is 1.14 bits per heavy atom. The normalized spacial score (nSPS) is 38.4. The highest BCUT2D eigenvalue weighted by Gasteiger charge is 2.65. The molecule has 5 N–H and O–H groups in total. The van der Waals surface area contributed by atoms with E-state index < -0.39 is 42.5 Å².